The van der Waals surface area contributed by atoms with Crippen LogP contribution in [-0.2, 0) is 23.2 Å². The van der Waals surface area contributed by atoms with Crippen LogP contribution in [0.4, 0.5) is 11.4 Å². The first-order valence-electron chi connectivity index (χ1n) is 8.75. The molecule has 28 heavy (non-hydrogen) atoms. The van der Waals surface area contributed by atoms with Crippen LogP contribution in [0.3, 0.4) is 0 Å². The number of nitrogens with zero attached hydrogens (tertiary/aromatic N) is 5. The fourth-order valence-electron chi connectivity index (χ4n) is 3.44. The number of benzene rings is 1. The van der Waals surface area contributed by atoms with E-state index >= 15 is 0 Å². The van der Waals surface area contributed by atoms with Crippen molar-refractivity contribution in [2.24, 2.45) is 7.05 Å². The Morgan fingerprint density at radius 3 is 2.54 bits per heavy atom. The Kier molecular flexibility index (Phi) is 4.30. The van der Waals surface area contributed by atoms with Gasteiger partial charge in [-0.1, -0.05) is 4.68 Å². The highest BCUT2D eigenvalue weighted by Crippen LogP contribution is 2.35. The van der Waals surface area contributed by atoms with Gasteiger partial charge in [0.1, 0.15) is 0 Å². The first-order valence-corrected chi connectivity index (χ1v) is 8.75. The Hall–Kier alpha value is -3.34. The lowest BCUT2D eigenvalue weighted by Crippen LogP contribution is -2.46. The molecule has 1 unspecified atom stereocenters. The molecule has 0 radical (unpaired) electrons. The second kappa shape index (κ2) is 6.68. The molecule has 0 spiro atoms. The molecule has 4 rings (SSSR count). The summed E-state index contributed by atoms with van der Waals surface area (Å²) in [5.74, 6) is -1.36. The quantitative estimate of drug-likeness (QED) is 0.287. The van der Waals surface area contributed by atoms with Crippen molar-refractivity contribution >= 4 is 23.2 Å². The van der Waals surface area contributed by atoms with Crippen LogP contribution in [0.1, 0.15) is 25.0 Å². The number of imide groups is 1. The maximum absolute atomic E-state index is 13.0. The average Bonchev–Trinajstić information content (AvgIpc) is 3.40. The molecule has 146 valence electrons. The van der Waals surface area contributed by atoms with Gasteiger partial charge in [-0.15, -0.1) is 0 Å². The monoisotopic (exact) mass is 387 g/mol. The minimum atomic E-state index is -0.704. The average molecular weight is 387 g/mol. The van der Waals surface area contributed by atoms with Crippen molar-refractivity contribution in [2.75, 3.05) is 4.90 Å². The van der Waals surface area contributed by atoms with Gasteiger partial charge in [0.15, 0.2) is 13.0 Å². The highest BCUT2D eigenvalue weighted by molar-refractivity contribution is 6.22. The van der Waals surface area contributed by atoms with E-state index in [2.05, 4.69) is 9.79 Å². The van der Waals surface area contributed by atoms with Crippen LogP contribution in [0.5, 0.6) is 5.95 Å². The van der Waals surface area contributed by atoms with Gasteiger partial charge in [0.25, 0.3) is 11.6 Å². The van der Waals surface area contributed by atoms with Gasteiger partial charge in [0.05, 0.1) is 34.9 Å². The maximum atomic E-state index is 13.0. The second-order valence-corrected chi connectivity index (χ2v) is 6.90. The molecule has 11 nitrogen and oxygen atoms in total. The number of nitro benzene ring substituents is 1. The van der Waals surface area contributed by atoms with E-state index in [0.717, 1.165) is 17.7 Å². The number of hydrogen-bond donors (Lipinski definition) is 0. The largest absolute Gasteiger partial charge is 0.539 e. The summed E-state index contributed by atoms with van der Waals surface area (Å²) in [5, 5.41) is 26.2. The lowest BCUT2D eigenvalue weighted by molar-refractivity contribution is -0.747. The van der Waals surface area contributed by atoms with E-state index in [0.29, 0.717) is 11.4 Å². The molecule has 2 amide bonds. The number of carbonyl (C=O) groups is 2. The van der Waals surface area contributed by atoms with Crippen LogP contribution >= 0.6 is 0 Å². The van der Waals surface area contributed by atoms with Crippen LogP contribution in [0.25, 0.3) is 0 Å². The van der Waals surface area contributed by atoms with E-state index in [9.17, 15) is 24.8 Å². The van der Waals surface area contributed by atoms with Gasteiger partial charge in [-0.2, -0.15) is 0 Å². The molecule has 2 aromatic rings. The Labute approximate surface area is 158 Å². The summed E-state index contributed by atoms with van der Waals surface area (Å²) < 4.78 is 5.97. The van der Waals surface area contributed by atoms with E-state index in [1.165, 1.54) is 28.9 Å². The van der Waals surface area contributed by atoms with Crippen molar-refractivity contribution in [3.8, 4) is 5.95 Å². The second-order valence-electron chi connectivity index (χ2n) is 6.90. The molecule has 2 heterocycles. The van der Waals surface area contributed by atoms with Crippen LogP contribution in [0, 0.1) is 10.1 Å². The number of aryl methyl sites for hydroxylation is 1. The van der Waals surface area contributed by atoms with Crippen molar-refractivity contribution in [3.05, 3.63) is 40.1 Å². The van der Waals surface area contributed by atoms with Gasteiger partial charge in [-0.3, -0.25) is 24.6 Å². The minimum Gasteiger partial charge on any atom is -0.539 e. The molecule has 1 aromatic carbocycles. The summed E-state index contributed by atoms with van der Waals surface area (Å²) in [6.07, 6.45) is 1.73. The third-order valence-electron chi connectivity index (χ3n) is 5.06. The lowest BCUT2D eigenvalue weighted by Gasteiger charge is -2.25. The zero-order valence-corrected chi connectivity index (χ0v) is 15.0. The van der Waals surface area contributed by atoms with Crippen LogP contribution in [-0.4, -0.2) is 39.0 Å². The van der Waals surface area contributed by atoms with Crippen molar-refractivity contribution < 1.29 is 28.8 Å². The molecule has 11 heteroatoms. The summed E-state index contributed by atoms with van der Waals surface area (Å²) in [4.78, 5) is 38.7. The summed E-state index contributed by atoms with van der Waals surface area (Å²) in [6.45, 7) is 0.154. The minimum absolute atomic E-state index is 0.0183. The molecular formula is C17H17N5O6. The van der Waals surface area contributed by atoms with Crippen molar-refractivity contribution in [1.29, 1.82) is 0 Å². The van der Waals surface area contributed by atoms with Gasteiger partial charge in [0.2, 0.25) is 11.6 Å². The smallest absolute Gasteiger partial charge is 0.269 e. The predicted octanol–water partition coefficient (Wildman–Crippen LogP) is -0.223. The van der Waals surface area contributed by atoms with Gasteiger partial charge >= 0.3 is 0 Å². The Balaban J connectivity index is 1.59. The molecule has 1 aliphatic carbocycles. The molecule has 1 aliphatic heterocycles. The zero-order valence-electron chi connectivity index (χ0n) is 15.0. The Bertz CT molecular complexity index is 932. The molecule has 2 aliphatic rings. The topological polar surface area (TPSA) is 137 Å². The number of anilines is 1. The van der Waals surface area contributed by atoms with E-state index in [4.69, 9.17) is 0 Å². The summed E-state index contributed by atoms with van der Waals surface area (Å²) in [7, 11) is 1.58. The molecule has 0 N–H and O–H groups in total. The number of nitro groups is 1. The number of aromatic nitrogens is 2. The normalized spacial score (nSPS) is 19.6. The molecule has 1 aromatic heterocycles. The van der Waals surface area contributed by atoms with Gasteiger partial charge in [-0.05, 0) is 25.0 Å². The van der Waals surface area contributed by atoms with Gasteiger partial charge in [0, 0.05) is 18.2 Å². The standard InChI is InChI=1S/C17H17N5O6/c1-19-14(17(25)28-18-19)9-20(10-2-3-10)13-8-15(23)21(16(13)24)11-4-6-12(7-5-11)22(26)27/h4-7,10,13H,2-3,8-9H2,1H3. The summed E-state index contributed by atoms with van der Waals surface area (Å²) in [5.41, 5.74) is 0.474. The first-order chi connectivity index (χ1) is 13.4. The molecule has 2 fully saturated rings. The van der Waals surface area contributed by atoms with E-state index < -0.39 is 22.8 Å². The Morgan fingerprint density at radius 1 is 1.32 bits per heavy atom. The molecule has 0 bridgehead atoms. The lowest BCUT2D eigenvalue weighted by atomic mass is 10.2. The number of rotatable bonds is 6. The van der Waals surface area contributed by atoms with E-state index in [1.54, 1.807) is 7.05 Å². The third kappa shape index (κ3) is 3.09. The Morgan fingerprint density at radius 2 is 2.00 bits per heavy atom. The number of carbonyl (C=O) groups excluding carboxylic acids is 2. The van der Waals surface area contributed by atoms with Gasteiger partial charge in [-0.25, -0.2) is 4.90 Å². The van der Waals surface area contributed by atoms with Crippen LogP contribution in [0.2, 0.25) is 0 Å². The third-order valence-corrected chi connectivity index (χ3v) is 5.06. The number of amides is 2. The fourth-order valence-corrected chi connectivity index (χ4v) is 3.44. The zero-order chi connectivity index (χ0) is 20.0. The maximum Gasteiger partial charge on any atom is 0.269 e. The SMILES string of the molecule is C[n+]1noc([O-])c1CN(C1CC1)C1CC(=O)N(c2ccc([N+](=O)[O-])cc2)C1=O. The number of hydrogen-bond acceptors (Lipinski definition) is 8. The first kappa shape index (κ1) is 18.0. The van der Waals surface area contributed by atoms with Crippen molar-refractivity contribution in [2.45, 2.75) is 37.9 Å². The van der Waals surface area contributed by atoms with Crippen molar-refractivity contribution in [1.82, 2.24) is 10.2 Å². The van der Waals surface area contributed by atoms with Crippen LogP contribution in [0.15, 0.2) is 28.8 Å². The summed E-state index contributed by atoms with van der Waals surface area (Å²) in [6, 6.07) is 4.67. The van der Waals surface area contributed by atoms with Crippen LogP contribution < -0.4 is 14.7 Å². The highest BCUT2D eigenvalue weighted by atomic mass is 16.6. The molecule has 1 saturated heterocycles. The van der Waals surface area contributed by atoms with E-state index in [-0.39, 0.29) is 30.6 Å². The fraction of sp³-hybridized carbons (Fsp3) is 0.412. The van der Waals surface area contributed by atoms with Gasteiger partial charge < -0.3 is 9.63 Å². The molecular weight excluding hydrogens is 370 g/mol. The predicted molar refractivity (Wildman–Crippen MR) is 89.7 cm³/mol. The molecule has 1 atom stereocenters. The number of non-ortho nitro benzene ring substituents is 1. The van der Waals surface area contributed by atoms with Crippen molar-refractivity contribution in [3.63, 3.8) is 0 Å². The molecule has 1 saturated carbocycles. The highest BCUT2D eigenvalue weighted by Gasteiger charge is 2.47. The van der Waals surface area contributed by atoms with E-state index in [1.807, 2.05) is 4.90 Å². The summed E-state index contributed by atoms with van der Waals surface area (Å²) >= 11 is 0.